The molecule has 1 heterocycles. The number of alkyl halides is 2. The number of hydrogen-bond acceptors (Lipinski definition) is 3. The van der Waals surface area contributed by atoms with Gasteiger partial charge in [0.05, 0.1) is 12.2 Å². The molecule has 96 valence electrons. The normalized spacial score (nSPS) is 15.8. The molecule has 1 aliphatic heterocycles. The zero-order valence-corrected chi connectivity index (χ0v) is 9.23. The number of halogens is 2. The summed E-state index contributed by atoms with van der Waals surface area (Å²) in [6, 6.07) is 5.86. The number of piperazine rings is 1. The third kappa shape index (κ3) is 2.55. The van der Waals surface area contributed by atoms with Gasteiger partial charge < -0.3 is 10.1 Å². The fraction of sp³-hybridized carbons (Fsp3) is 0.273. The number of carbonyl (C=O) groups is 2. The third-order valence-corrected chi connectivity index (χ3v) is 2.41. The van der Waals surface area contributed by atoms with Crippen LogP contribution in [-0.4, -0.2) is 31.5 Å². The summed E-state index contributed by atoms with van der Waals surface area (Å²) in [5, 5.41) is 2.37. The van der Waals surface area contributed by atoms with Gasteiger partial charge in [-0.15, -0.1) is 0 Å². The van der Waals surface area contributed by atoms with Crippen LogP contribution in [0.4, 0.5) is 14.5 Å². The van der Waals surface area contributed by atoms with E-state index < -0.39 is 6.61 Å². The average molecular weight is 256 g/mol. The smallest absolute Gasteiger partial charge is 0.387 e. The Hall–Kier alpha value is -2.18. The van der Waals surface area contributed by atoms with Gasteiger partial charge in [0.1, 0.15) is 12.3 Å². The molecule has 1 fully saturated rings. The van der Waals surface area contributed by atoms with Crippen LogP contribution in [-0.2, 0) is 9.59 Å². The molecule has 0 radical (unpaired) electrons. The fourth-order valence-corrected chi connectivity index (χ4v) is 1.65. The minimum Gasteiger partial charge on any atom is -0.433 e. The molecule has 2 amide bonds. The minimum absolute atomic E-state index is 0.129. The Labute approximate surface area is 101 Å². The third-order valence-electron chi connectivity index (χ3n) is 2.41. The SMILES string of the molecule is O=C1CN(c2ccccc2OC(F)F)C(=O)CN1. The Morgan fingerprint density at radius 2 is 2.00 bits per heavy atom. The molecule has 0 spiro atoms. The lowest BCUT2D eigenvalue weighted by atomic mass is 10.2. The summed E-state index contributed by atoms with van der Waals surface area (Å²) >= 11 is 0. The predicted octanol–water partition coefficient (Wildman–Crippen LogP) is 0.751. The van der Waals surface area contributed by atoms with Crippen LogP contribution < -0.4 is 15.0 Å². The van der Waals surface area contributed by atoms with E-state index in [4.69, 9.17) is 0 Å². The molecule has 1 N–H and O–H groups in total. The van der Waals surface area contributed by atoms with Crippen molar-refractivity contribution in [2.45, 2.75) is 6.61 Å². The number of nitrogens with one attached hydrogen (secondary N) is 1. The number of rotatable bonds is 3. The standard InChI is InChI=1S/C11H10F2N2O3/c12-11(13)18-8-4-2-1-3-7(8)15-6-9(16)14-5-10(15)17/h1-4,11H,5-6H2,(H,14,16). The van der Waals surface area contributed by atoms with Crippen molar-refractivity contribution in [3.8, 4) is 5.75 Å². The van der Waals surface area contributed by atoms with Crippen LogP contribution in [0.5, 0.6) is 5.75 Å². The Balaban J connectivity index is 2.31. The quantitative estimate of drug-likeness (QED) is 0.868. The van der Waals surface area contributed by atoms with E-state index in [-0.39, 0.29) is 36.3 Å². The predicted molar refractivity (Wildman–Crippen MR) is 58.4 cm³/mol. The van der Waals surface area contributed by atoms with Crippen LogP contribution >= 0.6 is 0 Å². The van der Waals surface area contributed by atoms with Crippen LogP contribution in [0, 0.1) is 0 Å². The average Bonchev–Trinajstić information content (AvgIpc) is 2.32. The molecule has 1 aromatic carbocycles. The van der Waals surface area contributed by atoms with Crippen LogP contribution in [0.25, 0.3) is 0 Å². The second kappa shape index (κ2) is 4.99. The zero-order valence-electron chi connectivity index (χ0n) is 9.23. The maximum absolute atomic E-state index is 12.2. The number of ether oxygens (including phenoxy) is 1. The van der Waals surface area contributed by atoms with Gasteiger partial charge >= 0.3 is 6.61 Å². The molecule has 2 rings (SSSR count). The summed E-state index contributed by atoms with van der Waals surface area (Å²) in [6.45, 7) is -3.34. The van der Waals surface area contributed by atoms with E-state index in [2.05, 4.69) is 10.1 Å². The molecular weight excluding hydrogens is 246 g/mol. The van der Waals surface area contributed by atoms with Crippen molar-refractivity contribution in [2.24, 2.45) is 0 Å². The Morgan fingerprint density at radius 1 is 1.28 bits per heavy atom. The van der Waals surface area contributed by atoms with Gasteiger partial charge in [0.15, 0.2) is 0 Å². The summed E-state index contributed by atoms with van der Waals surface area (Å²) in [5.74, 6) is -0.850. The van der Waals surface area contributed by atoms with Crippen molar-refractivity contribution in [2.75, 3.05) is 18.0 Å². The number of para-hydroxylation sites is 2. The van der Waals surface area contributed by atoms with Crippen LogP contribution in [0.2, 0.25) is 0 Å². The van der Waals surface area contributed by atoms with Gasteiger partial charge in [-0.2, -0.15) is 8.78 Å². The van der Waals surface area contributed by atoms with E-state index in [1.165, 1.54) is 18.2 Å². The number of nitrogens with zero attached hydrogens (tertiary/aromatic N) is 1. The van der Waals surface area contributed by atoms with Crippen LogP contribution in [0.1, 0.15) is 0 Å². The molecule has 1 saturated heterocycles. The lowest BCUT2D eigenvalue weighted by Gasteiger charge is -2.27. The first-order chi connectivity index (χ1) is 8.58. The van der Waals surface area contributed by atoms with E-state index in [0.29, 0.717) is 0 Å². The summed E-state index contributed by atoms with van der Waals surface area (Å²) < 4.78 is 28.8. The maximum atomic E-state index is 12.2. The topological polar surface area (TPSA) is 58.6 Å². The maximum Gasteiger partial charge on any atom is 0.387 e. The molecule has 0 aliphatic carbocycles. The summed E-state index contributed by atoms with van der Waals surface area (Å²) in [7, 11) is 0. The van der Waals surface area contributed by atoms with Gasteiger partial charge in [0.25, 0.3) is 0 Å². The van der Waals surface area contributed by atoms with Gasteiger partial charge in [-0.3, -0.25) is 14.5 Å². The van der Waals surface area contributed by atoms with E-state index in [0.717, 1.165) is 4.90 Å². The number of anilines is 1. The molecule has 5 nitrogen and oxygen atoms in total. The van der Waals surface area contributed by atoms with Crippen molar-refractivity contribution < 1.29 is 23.1 Å². The summed E-state index contributed by atoms with van der Waals surface area (Å²) in [5.41, 5.74) is 0.164. The molecule has 18 heavy (non-hydrogen) atoms. The van der Waals surface area contributed by atoms with Gasteiger partial charge in [0.2, 0.25) is 11.8 Å². The molecule has 0 aromatic heterocycles. The molecular formula is C11H10F2N2O3. The van der Waals surface area contributed by atoms with E-state index in [9.17, 15) is 18.4 Å². The Bertz CT molecular complexity index is 479. The van der Waals surface area contributed by atoms with Crippen molar-refractivity contribution in [1.82, 2.24) is 5.32 Å². The largest absolute Gasteiger partial charge is 0.433 e. The van der Waals surface area contributed by atoms with Crippen LogP contribution in [0.15, 0.2) is 24.3 Å². The first-order valence-electron chi connectivity index (χ1n) is 5.19. The van der Waals surface area contributed by atoms with Crippen molar-refractivity contribution >= 4 is 17.5 Å². The highest BCUT2D eigenvalue weighted by Crippen LogP contribution is 2.29. The van der Waals surface area contributed by atoms with Crippen molar-refractivity contribution in [3.05, 3.63) is 24.3 Å². The molecule has 0 unspecified atom stereocenters. The summed E-state index contributed by atoms with van der Waals surface area (Å²) in [4.78, 5) is 24.0. The Morgan fingerprint density at radius 3 is 2.72 bits per heavy atom. The molecule has 0 saturated carbocycles. The molecule has 0 bridgehead atoms. The van der Waals surface area contributed by atoms with E-state index >= 15 is 0 Å². The van der Waals surface area contributed by atoms with Gasteiger partial charge in [0, 0.05) is 0 Å². The number of hydrogen-bond donors (Lipinski definition) is 1. The highest BCUT2D eigenvalue weighted by molar-refractivity contribution is 6.05. The monoisotopic (exact) mass is 256 g/mol. The number of benzene rings is 1. The Kier molecular flexibility index (Phi) is 3.40. The second-order valence-electron chi connectivity index (χ2n) is 3.60. The summed E-state index contributed by atoms with van der Waals surface area (Å²) in [6.07, 6.45) is 0. The van der Waals surface area contributed by atoms with Crippen LogP contribution in [0.3, 0.4) is 0 Å². The molecule has 1 aliphatic rings. The molecule has 0 atom stereocenters. The first-order valence-corrected chi connectivity index (χ1v) is 5.19. The van der Waals surface area contributed by atoms with E-state index in [1.807, 2.05) is 0 Å². The first kappa shape index (κ1) is 12.3. The fourth-order valence-electron chi connectivity index (χ4n) is 1.65. The van der Waals surface area contributed by atoms with E-state index in [1.54, 1.807) is 6.07 Å². The lowest BCUT2D eigenvalue weighted by molar-refractivity contribution is -0.128. The minimum atomic E-state index is -2.99. The van der Waals surface area contributed by atoms with Crippen molar-refractivity contribution in [1.29, 1.82) is 0 Å². The van der Waals surface area contributed by atoms with Gasteiger partial charge in [-0.05, 0) is 12.1 Å². The number of carbonyl (C=O) groups excluding carboxylic acids is 2. The highest BCUT2D eigenvalue weighted by Gasteiger charge is 2.27. The highest BCUT2D eigenvalue weighted by atomic mass is 19.3. The van der Waals surface area contributed by atoms with Crippen molar-refractivity contribution in [3.63, 3.8) is 0 Å². The number of amides is 2. The molecule has 1 aromatic rings. The lowest BCUT2D eigenvalue weighted by Crippen LogP contribution is -2.51. The molecule has 7 heteroatoms. The zero-order chi connectivity index (χ0) is 13.1. The van der Waals surface area contributed by atoms with Gasteiger partial charge in [-0.1, -0.05) is 12.1 Å². The second-order valence-corrected chi connectivity index (χ2v) is 3.60. The van der Waals surface area contributed by atoms with Gasteiger partial charge in [-0.25, -0.2) is 0 Å².